The van der Waals surface area contributed by atoms with Gasteiger partial charge in [-0.2, -0.15) is 0 Å². The molecule has 3 N–H and O–H groups in total. The maximum atomic E-state index is 7.34. The van der Waals surface area contributed by atoms with Crippen molar-refractivity contribution in [1.29, 1.82) is 5.41 Å². The number of nitrogens with one attached hydrogen (secondary N) is 1. The molecule has 0 spiro atoms. The van der Waals surface area contributed by atoms with Crippen molar-refractivity contribution in [2.24, 2.45) is 5.73 Å². The fraction of sp³-hybridized carbons (Fsp3) is 0.364. The van der Waals surface area contributed by atoms with Gasteiger partial charge in [-0.15, -0.1) is 10.2 Å². The summed E-state index contributed by atoms with van der Waals surface area (Å²) in [6.07, 6.45) is 3.48. The summed E-state index contributed by atoms with van der Waals surface area (Å²) in [5.74, 6) is 0.221. The Morgan fingerprint density at radius 2 is 2.35 bits per heavy atom. The molecule has 0 saturated carbocycles. The average Bonchev–Trinajstić information content (AvgIpc) is 2.71. The molecule has 6 heteroatoms. The standard InChI is InChI=1S/C11H15N5S/c1-2-8(7-9(12)13)17-11-15-14-10-5-3-4-6-16(10)11/h3-6,8H,2,7H2,1H3,(H3,12,13). The van der Waals surface area contributed by atoms with Crippen molar-refractivity contribution in [2.75, 3.05) is 0 Å². The molecular weight excluding hydrogens is 234 g/mol. The number of nitrogens with zero attached hydrogens (tertiary/aromatic N) is 3. The highest BCUT2D eigenvalue weighted by atomic mass is 32.2. The summed E-state index contributed by atoms with van der Waals surface area (Å²) in [4.78, 5) is 0. The molecule has 1 atom stereocenters. The Morgan fingerprint density at radius 3 is 3.06 bits per heavy atom. The minimum atomic E-state index is 0.221. The molecule has 0 fully saturated rings. The van der Waals surface area contributed by atoms with Gasteiger partial charge in [-0.25, -0.2) is 0 Å². The number of aromatic nitrogens is 3. The van der Waals surface area contributed by atoms with Crippen LogP contribution in [-0.4, -0.2) is 25.7 Å². The highest BCUT2D eigenvalue weighted by Crippen LogP contribution is 2.26. The van der Waals surface area contributed by atoms with Crippen molar-refractivity contribution in [3.8, 4) is 0 Å². The van der Waals surface area contributed by atoms with E-state index >= 15 is 0 Å². The molecule has 0 aliphatic carbocycles. The monoisotopic (exact) mass is 249 g/mol. The van der Waals surface area contributed by atoms with E-state index in [9.17, 15) is 0 Å². The van der Waals surface area contributed by atoms with Gasteiger partial charge in [0.05, 0.1) is 5.84 Å². The molecule has 0 bridgehead atoms. The number of pyridine rings is 1. The quantitative estimate of drug-likeness (QED) is 0.482. The van der Waals surface area contributed by atoms with Crippen LogP contribution in [-0.2, 0) is 0 Å². The van der Waals surface area contributed by atoms with Gasteiger partial charge in [0.15, 0.2) is 10.8 Å². The summed E-state index contributed by atoms with van der Waals surface area (Å²) in [6, 6.07) is 5.81. The Kier molecular flexibility index (Phi) is 3.63. The summed E-state index contributed by atoms with van der Waals surface area (Å²) in [5.41, 5.74) is 6.28. The Morgan fingerprint density at radius 1 is 1.53 bits per heavy atom. The van der Waals surface area contributed by atoms with Gasteiger partial charge in [-0.1, -0.05) is 24.8 Å². The van der Waals surface area contributed by atoms with Gasteiger partial charge < -0.3 is 5.73 Å². The molecule has 17 heavy (non-hydrogen) atoms. The zero-order valence-electron chi connectivity index (χ0n) is 9.63. The minimum Gasteiger partial charge on any atom is -0.388 e. The zero-order valence-corrected chi connectivity index (χ0v) is 10.4. The van der Waals surface area contributed by atoms with Crippen LogP contribution in [0.5, 0.6) is 0 Å². The Bertz CT molecular complexity index is 521. The van der Waals surface area contributed by atoms with Gasteiger partial charge in [-0.3, -0.25) is 9.81 Å². The van der Waals surface area contributed by atoms with Gasteiger partial charge in [0.1, 0.15) is 0 Å². The van der Waals surface area contributed by atoms with Crippen molar-refractivity contribution in [1.82, 2.24) is 14.6 Å². The largest absolute Gasteiger partial charge is 0.388 e. The Balaban J connectivity index is 2.19. The van der Waals surface area contributed by atoms with Crippen LogP contribution >= 0.6 is 11.8 Å². The molecule has 0 aliphatic rings. The number of hydrogen-bond donors (Lipinski definition) is 2. The van der Waals surface area contributed by atoms with Gasteiger partial charge in [0.2, 0.25) is 0 Å². The maximum absolute atomic E-state index is 7.34. The topological polar surface area (TPSA) is 80.1 Å². The highest BCUT2D eigenvalue weighted by Gasteiger charge is 2.14. The lowest BCUT2D eigenvalue weighted by molar-refractivity contribution is 0.831. The number of nitrogens with two attached hydrogens (primary N) is 1. The smallest absolute Gasteiger partial charge is 0.195 e. The number of thioether (sulfide) groups is 1. The first-order valence-corrected chi connectivity index (χ1v) is 6.38. The second-order valence-corrected chi connectivity index (χ2v) is 5.06. The molecule has 1 unspecified atom stereocenters. The molecule has 90 valence electrons. The van der Waals surface area contributed by atoms with Crippen molar-refractivity contribution < 1.29 is 0 Å². The van der Waals surface area contributed by atoms with E-state index in [2.05, 4.69) is 17.1 Å². The molecule has 2 heterocycles. The first-order valence-electron chi connectivity index (χ1n) is 5.50. The van der Waals surface area contributed by atoms with E-state index in [1.54, 1.807) is 11.8 Å². The number of rotatable bonds is 5. The molecule has 2 aromatic heterocycles. The van der Waals surface area contributed by atoms with Gasteiger partial charge >= 0.3 is 0 Å². The van der Waals surface area contributed by atoms with E-state index in [0.717, 1.165) is 17.2 Å². The van der Waals surface area contributed by atoms with Crippen LogP contribution in [0.1, 0.15) is 19.8 Å². The second kappa shape index (κ2) is 5.18. The Labute approximate surface area is 104 Å². The average molecular weight is 249 g/mol. The van der Waals surface area contributed by atoms with Gasteiger partial charge in [-0.05, 0) is 18.6 Å². The molecular formula is C11H15N5S. The third-order valence-corrected chi connectivity index (χ3v) is 3.78. The summed E-state index contributed by atoms with van der Waals surface area (Å²) in [7, 11) is 0. The molecule has 0 saturated heterocycles. The predicted molar refractivity (Wildman–Crippen MR) is 69.5 cm³/mol. The fourth-order valence-corrected chi connectivity index (χ4v) is 2.65. The third-order valence-electron chi connectivity index (χ3n) is 2.46. The minimum absolute atomic E-state index is 0.221. The van der Waals surface area contributed by atoms with Crippen molar-refractivity contribution in [3.63, 3.8) is 0 Å². The lowest BCUT2D eigenvalue weighted by atomic mass is 10.2. The van der Waals surface area contributed by atoms with Crippen molar-refractivity contribution in [2.45, 2.75) is 30.2 Å². The zero-order chi connectivity index (χ0) is 12.3. The van der Waals surface area contributed by atoms with E-state index in [-0.39, 0.29) is 11.1 Å². The first-order chi connectivity index (χ1) is 8.20. The van der Waals surface area contributed by atoms with Gasteiger partial charge in [0, 0.05) is 17.9 Å². The van der Waals surface area contributed by atoms with Crippen molar-refractivity contribution in [3.05, 3.63) is 24.4 Å². The molecule has 0 amide bonds. The van der Waals surface area contributed by atoms with E-state index in [1.165, 1.54) is 0 Å². The lowest BCUT2D eigenvalue weighted by Crippen LogP contribution is -2.16. The molecule has 0 radical (unpaired) electrons. The molecule has 0 aromatic carbocycles. The van der Waals surface area contributed by atoms with E-state index in [0.29, 0.717) is 6.42 Å². The number of amidine groups is 1. The first kappa shape index (κ1) is 11.9. The number of fused-ring (bicyclic) bond motifs is 1. The molecule has 2 rings (SSSR count). The lowest BCUT2D eigenvalue weighted by Gasteiger charge is -2.11. The summed E-state index contributed by atoms with van der Waals surface area (Å²) in [5, 5.41) is 16.7. The Hall–Kier alpha value is -1.56. The number of hydrogen-bond acceptors (Lipinski definition) is 4. The van der Waals surface area contributed by atoms with Crippen LogP contribution in [0, 0.1) is 5.41 Å². The molecule has 2 aromatic rings. The van der Waals surface area contributed by atoms with E-state index in [4.69, 9.17) is 11.1 Å². The summed E-state index contributed by atoms with van der Waals surface area (Å²) >= 11 is 1.62. The van der Waals surface area contributed by atoms with Crippen LogP contribution in [0.2, 0.25) is 0 Å². The SMILES string of the molecule is CCC(CC(=N)N)Sc1nnc2ccccn12. The van der Waals surface area contributed by atoms with Crippen LogP contribution in [0.25, 0.3) is 5.65 Å². The van der Waals surface area contributed by atoms with Crippen LogP contribution in [0.15, 0.2) is 29.6 Å². The molecule has 5 nitrogen and oxygen atoms in total. The molecule has 0 aliphatic heterocycles. The predicted octanol–water partition coefficient (Wildman–Crippen LogP) is 1.93. The van der Waals surface area contributed by atoms with Crippen molar-refractivity contribution >= 4 is 23.2 Å². The van der Waals surface area contributed by atoms with Crippen LogP contribution in [0.4, 0.5) is 0 Å². The highest BCUT2D eigenvalue weighted by molar-refractivity contribution is 7.99. The third kappa shape index (κ3) is 2.76. The van der Waals surface area contributed by atoms with Crippen LogP contribution < -0.4 is 5.73 Å². The summed E-state index contributed by atoms with van der Waals surface area (Å²) < 4.78 is 1.95. The van der Waals surface area contributed by atoms with E-state index in [1.807, 2.05) is 28.8 Å². The summed E-state index contributed by atoms with van der Waals surface area (Å²) in [6.45, 7) is 2.09. The fourth-order valence-electron chi connectivity index (χ4n) is 1.56. The van der Waals surface area contributed by atoms with E-state index < -0.39 is 0 Å². The maximum Gasteiger partial charge on any atom is 0.195 e. The normalized spacial score (nSPS) is 12.8. The van der Waals surface area contributed by atoms with Gasteiger partial charge in [0.25, 0.3) is 0 Å². The second-order valence-electron chi connectivity index (χ2n) is 3.79. The van der Waals surface area contributed by atoms with Crippen LogP contribution in [0.3, 0.4) is 0 Å².